The molecule has 0 radical (unpaired) electrons. The number of allylic oxidation sites excluding steroid dienone is 3. The maximum Gasteiger partial charge on any atom is 0.310 e. The van der Waals surface area contributed by atoms with E-state index in [0.29, 0.717) is 18.1 Å². The molecule has 0 aromatic heterocycles. The van der Waals surface area contributed by atoms with Gasteiger partial charge in [-0.15, -0.1) is 0 Å². The van der Waals surface area contributed by atoms with E-state index in [1.54, 1.807) is 13.0 Å². The maximum atomic E-state index is 11.2. The standard InChI is InChI=1S/C11H16O3/c1-3-14-11(13)7-9-6-8(2)4-5-10(9)12/h5-6,8,12H,3-4,7H2,1-2H3. The molecule has 1 aliphatic rings. The number of aliphatic hydroxyl groups is 1. The predicted octanol–water partition coefficient (Wildman–Crippen LogP) is 2.35. The predicted molar refractivity (Wildman–Crippen MR) is 53.8 cm³/mol. The lowest BCUT2D eigenvalue weighted by Crippen LogP contribution is -2.09. The van der Waals surface area contributed by atoms with Gasteiger partial charge in [-0.1, -0.05) is 13.0 Å². The van der Waals surface area contributed by atoms with Crippen molar-refractivity contribution in [3.05, 3.63) is 23.5 Å². The monoisotopic (exact) mass is 196 g/mol. The molecule has 3 heteroatoms. The van der Waals surface area contributed by atoms with Gasteiger partial charge in [-0.25, -0.2) is 0 Å². The highest BCUT2D eigenvalue weighted by molar-refractivity contribution is 5.73. The van der Waals surface area contributed by atoms with Gasteiger partial charge in [0.1, 0.15) is 5.76 Å². The number of ether oxygens (including phenoxy) is 1. The molecule has 0 spiro atoms. The van der Waals surface area contributed by atoms with Crippen LogP contribution in [0.5, 0.6) is 0 Å². The van der Waals surface area contributed by atoms with E-state index in [4.69, 9.17) is 4.74 Å². The van der Waals surface area contributed by atoms with Gasteiger partial charge in [-0.2, -0.15) is 0 Å². The van der Waals surface area contributed by atoms with Crippen LogP contribution in [0.25, 0.3) is 0 Å². The highest BCUT2D eigenvalue weighted by Gasteiger charge is 2.15. The molecule has 1 N–H and O–H groups in total. The van der Waals surface area contributed by atoms with Crippen molar-refractivity contribution in [2.75, 3.05) is 6.61 Å². The molecule has 0 aliphatic heterocycles. The van der Waals surface area contributed by atoms with Crippen molar-refractivity contribution < 1.29 is 14.6 Å². The van der Waals surface area contributed by atoms with Gasteiger partial charge >= 0.3 is 5.97 Å². The number of hydrogen-bond donors (Lipinski definition) is 1. The zero-order valence-corrected chi connectivity index (χ0v) is 8.62. The van der Waals surface area contributed by atoms with E-state index in [-0.39, 0.29) is 18.1 Å². The van der Waals surface area contributed by atoms with Crippen molar-refractivity contribution in [1.82, 2.24) is 0 Å². The third-order valence-electron chi connectivity index (χ3n) is 2.14. The van der Waals surface area contributed by atoms with Gasteiger partial charge in [0.05, 0.1) is 13.0 Å². The minimum Gasteiger partial charge on any atom is -0.508 e. The molecule has 3 nitrogen and oxygen atoms in total. The summed E-state index contributed by atoms with van der Waals surface area (Å²) in [6.07, 6.45) is 4.67. The fraction of sp³-hybridized carbons (Fsp3) is 0.545. The van der Waals surface area contributed by atoms with Crippen molar-refractivity contribution in [2.45, 2.75) is 26.7 Å². The molecule has 0 amide bonds. The van der Waals surface area contributed by atoms with Crippen LogP contribution in [0.2, 0.25) is 0 Å². The maximum absolute atomic E-state index is 11.2. The minimum atomic E-state index is -0.284. The molecule has 1 atom stereocenters. The summed E-state index contributed by atoms with van der Waals surface area (Å²) in [5.74, 6) is 0.319. The van der Waals surface area contributed by atoms with Crippen molar-refractivity contribution in [2.24, 2.45) is 5.92 Å². The largest absolute Gasteiger partial charge is 0.508 e. The Bertz CT molecular complexity index is 276. The molecule has 0 heterocycles. The smallest absolute Gasteiger partial charge is 0.310 e. The van der Waals surface area contributed by atoms with Crippen molar-refractivity contribution in [1.29, 1.82) is 0 Å². The van der Waals surface area contributed by atoms with Crippen LogP contribution in [-0.2, 0) is 9.53 Å². The summed E-state index contributed by atoms with van der Waals surface area (Å²) in [4.78, 5) is 11.2. The summed E-state index contributed by atoms with van der Waals surface area (Å²) >= 11 is 0. The minimum absolute atomic E-state index is 0.167. The molecule has 0 bridgehead atoms. The molecule has 0 fully saturated rings. The van der Waals surface area contributed by atoms with E-state index in [1.807, 2.05) is 13.0 Å². The third kappa shape index (κ3) is 2.91. The number of rotatable bonds is 3. The molecular formula is C11H16O3. The molecule has 1 rings (SSSR count). The molecule has 78 valence electrons. The van der Waals surface area contributed by atoms with Crippen LogP contribution < -0.4 is 0 Å². The van der Waals surface area contributed by atoms with Crippen molar-refractivity contribution >= 4 is 5.97 Å². The lowest BCUT2D eigenvalue weighted by molar-refractivity contribution is -0.142. The van der Waals surface area contributed by atoms with Crippen LogP contribution in [0.15, 0.2) is 23.5 Å². The molecule has 14 heavy (non-hydrogen) atoms. The average Bonchev–Trinajstić information content (AvgIpc) is 2.12. The zero-order chi connectivity index (χ0) is 10.6. The van der Waals surface area contributed by atoms with Crippen LogP contribution in [0.4, 0.5) is 0 Å². The number of carbonyl (C=O) groups is 1. The second kappa shape index (κ2) is 4.84. The Kier molecular flexibility index (Phi) is 3.74. The van der Waals surface area contributed by atoms with E-state index in [0.717, 1.165) is 6.42 Å². The number of esters is 1. The van der Waals surface area contributed by atoms with Crippen molar-refractivity contribution in [3.8, 4) is 0 Å². The van der Waals surface area contributed by atoms with Gasteiger partial charge in [-0.05, 0) is 25.3 Å². The molecular weight excluding hydrogens is 180 g/mol. The summed E-state index contributed by atoms with van der Waals surface area (Å²) in [6.45, 7) is 4.20. The summed E-state index contributed by atoms with van der Waals surface area (Å²) in [5.41, 5.74) is 0.683. The van der Waals surface area contributed by atoms with E-state index >= 15 is 0 Å². The first-order chi connectivity index (χ1) is 6.63. The summed E-state index contributed by atoms with van der Waals surface area (Å²) in [7, 11) is 0. The Hall–Kier alpha value is -1.25. The van der Waals surface area contributed by atoms with Crippen LogP contribution in [0, 0.1) is 5.92 Å². The Morgan fingerprint density at radius 1 is 1.71 bits per heavy atom. The fourth-order valence-corrected chi connectivity index (χ4v) is 1.44. The van der Waals surface area contributed by atoms with E-state index in [2.05, 4.69) is 0 Å². The lowest BCUT2D eigenvalue weighted by Gasteiger charge is -2.14. The van der Waals surface area contributed by atoms with Crippen LogP contribution in [0.3, 0.4) is 0 Å². The zero-order valence-electron chi connectivity index (χ0n) is 8.62. The Labute approximate surface area is 84.1 Å². The molecule has 1 unspecified atom stereocenters. The Morgan fingerprint density at radius 2 is 2.43 bits per heavy atom. The lowest BCUT2D eigenvalue weighted by atomic mass is 9.95. The Morgan fingerprint density at radius 3 is 3.07 bits per heavy atom. The highest BCUT2D eigenvalue weighted by Crippen LogP contribution is 2.23. The quantitative estimate of drug-likeness (QED) is 0.705. The molecule has 0 saturated carbocycles. The molecule has 0 aromatic carbocycles. The second-order valence-electron chi connectivity index (χ2n) is 3.48. The number of hydrogen-bond acceptors (Lipinski definition) is 3. The van der Waals surface area contributed by atoms with Gasteiger partial charge in [0, 0.05) is 5.57 Å². The van der Waals surface area contributed by atoms with Crippen LogP contribution >= 0.6 is 0 Å². The van der Waals surface area contributed by atoms with Gasteiger partial charge in [0.15, 0.2) is 0 Å². The SMILES string of the molecule is CCOC(=O)CC1=CC(C)CC=C1O. The van der Waals surface area contributed by atoms with Crippen molar-refractivity contribution in [3.63, 3.8) is 0 Å². The first-order valence-electron chi connectivity index (χ1n) is 4.89. The molecule has 0 saturated heterocycles. The van der Waals surface area contributed by atoms with Crippen LogP contribution in [-0.4, -0.2) is 17.7 Å². The molecule has 1 aliphatic carbocycles. The first kappa shape index (κ1) is 10.8. The first-order valence-corrected chi connectivity index (χ1v) is 4.89. The summed E-state index contributed by atoms with van der Waals surface area (Å²) < 4.78 is 4.81. The normalized spacial score (nSPS) is 21.1. The van der Waals surface area contributed by atoms with E-state index in [1.165, 1.54) is 0 Å². The fourth-order valence-electron chi connectivity index (χ4n) is 1.44. The van der Waals surface area contributed by atoms with Gasteiger partial charge in [-0.3, -0.25) is 4.79 Å². The average molecular weight is 196 g/mol. The van der Waals surface area contributed by atoms with Gasteiger partial charge in [0.2, 0.25) is 0 Å². The van der Waals surface area contributed by atoms with E-state index < -0.39 is 0 Å². The number of carbonyl (C=O) groups excluding carboxylic acids is 1. The Balaban J connectivity index is 2.58. The van der Waals surface area contributed by atoms with Gasteiger partial charge < -0.3 is 9.84 Å². The highest BCUT2D eigenvalue weighted by atomic mass is 16.5. The number of aliphatic hydroxyl groups excluding tert-OH is 1. The van der Waals surface area contributed by atoms with E-state index in [9.17, 15) is 9.90 Å². The summed E-state index contributed by atoms with van der Waals surface area (Å²) in [5, 5.41) is 9.49. The molecule has 0 aromatic rings. The van der Waals surface area contributed by atoms with Gasteiger partial charge in [0.25, 0.3) is 0 Å². The summed E-state index contributed by atoms with van der Waals surface area (Å²) in [6, 6.07) is 0. The second-order valence-corrected chi connectivity index (χ2v) is 3.48. The third-order valence-corrected chi connectivity index (χ3v) is 2.14. The topological polar surface area (TPSA) is 46.5 Å². The van der Waals surface area contributed by atoms with Crippen LogP contribution in [0.1, 0.15) is 26.7 Å².